The number of nitrogens with zero attached hydrogens (tertiary/aromatic N) is 4. The maximum Gasteiger partial charge on any atom is 0.407 e. The number of piperidine rings is 1. The molecule has 0 spiro atoms. The van der Waals surface area contributed by atoms with Crippen molar-refractivity contribution in [3.05, 3.63) is 155 Å². The molecule has 324 valence electrons. The van der Waals surface area contributed by atoms with Gasteiger partial charge in [-0.3, -0.25) is 9.59 Å². The molecule has 2 aliphatic heterocycles. The summed E-state index contributed by atoms with van der Waals surface area (Å²) in [4.78, 5) is 72.6. The van der Waals surface area contributed by atoms with Gasteiger partial charge in [0.05, 0.1) is 37.7 Å². The van der Waals surface area contributed by atoms with Crippen LogP contribution in [0.25, 0.3) is 22.5 Å². The number of H-pyrrole nitrogens is 2. The van der Waals surface area contributed by atoms with Crippen molar-refractivity contribution in [3.8, 4) is 22.5 Å². The Labute approximate surface area is 366 Å². The number of imidazole rings is 2. The minimum Gasteiger partial charge on any atom is -0.453 e. The van der Waals surface area contributed by atoms with Crippen molar-refractivity contribution in [1.82, 2.24) is 40.4 Å². The number of hydrogen-bond donors (Lipinski definition) is 4. The molecule has 4 amide bonds. The molecular weight excluding hydrogens is 797 g/mol. The lowest BCUT2D eigenvalue weighted by Gasteiger charge is -2.37. The summed E-state index contributed by atoms with van der Waals surface area (Å²) < 4.78 is 9.68. The Bertz CT molecular complexity index is 2490. The number of aryl methyl sites for hydroxylation is 2. The molecule has 0 aliphatic carbocycles. The third-order valence-corrected chi connectivity index (χ3v) is 12.0. The van der Waals surface area contributed by atoms with Gasteiger partial charge in [0, 0.05) is 36.6 Å². The highest BCUT2D eigenvalue weighted by Crippen LogP contribution is 2.35. The smallest absolute Gasteiger partial charge is 0.407 e. The van der Waals surface area contributed by atoms with Crippen molar-refractivity contribution < 1.29 is 28.7 Å². The molecule has 4 atom stereocenters. The topological polar surface area (TPSA) is 175 Å². The van der Waals surface area contributed by atoms with E-state index in [1.54, 1.807) is 4.90 Å². The summed E-state index contributed by atoms with van der Waals surface area (Å²) in [6.07, 6.45) is 8.35. The van der Waals surface area contributed by atoms with E-state index >= 15 is 0 Å². The van der Waals surface area contributed by atoms with Gasteiger partial charge >= 0.3 is 12.2 Å². The van der Waals surface area contributed by atoms with Crippen molar-refractivity contribution in [1.29, 1.82) is 0 Å². The first-order chi connectivity index (χ1) is 30.8. The predicted octanol–water partition coefficient (Wildman–Crippen LogP) is 8.16. The van der Waals surface area contributed by atoms with Crippen LogP contribution in [0, 0.1) is 0 Å². The second-order valence-electron chi connectivity index (χ2n) is 15.9. The van der Waals surface area contributed by atoms with E-state index in [9.17, 15) is 19.2 Å². The maximum atomic E-state index is 14.0. The summed E-state index contributed by atoms with van der Waals surface area (Å²) in [5, 5.41) is 5.45. The van der Waals surface area contributed by atoms with E-state index < -0.39 is 24.3 Å². The van der Waals surface area contributed by atoms with E-state index in [2.05, 4.69) is 69.1 Å². The first-order valence-electron chi connectivity index (χ1n) is 21.5. The third kappa shape index (κ3) is 9.80. The Morgan fingerprint density at radius 2 is 1.00 bits per heavy atom. The number of likely N-dealkylation sites (tertiary alicyclic amines) is 2. The monoisotopic (exact) mass is 848 g/mol. The highest BCUT2D eigenvalue weighted by molar-refractivity contribution is 5.88. The number of rotatable bonds is 13. The molecule has 4 heterocycles. The Kier molecular flexibility index (Phi) is 13.3. The minimum absolute atomic E-state index is 0.199. The zero-order valence-electron chi connectivity index (χ0n) is 35.5. The zero-order chi connectivity index (χ0) is 43.7. The molecule has 4 aromatic carbocycles. The Morgan fingerprint density at radius 1 is 0.587 bits per heavy atom. The molecule has 2 aromatic heterocycles. The summed E-state index contributed by atoms with van der Waals surface area (Å²) in [6, 6.07) is 33.0. The van der Waals surface area contributed by atoms with Gasteiger partial charge in [-0.2, -0.15) is 0 Å². The van der Waals surface area contributed by atoms with Gasteiger partial charge in [0.1, 0.15) is 23.7 Å². The van der Waals surface area contributed by atoms with Crippen molar-refractivity contribution >= 4 is 24.0 Å². The Morgan fingerprint density at radius 3 is 1.43 bits per heavy atom. The number of methoxy groups -OCH3 is 2. The third-order valence-electron chi connectivity index (χ3n) is 12.0. The molecular formula is C49H52N8O6. The fraction of sp³-hybridized carbons (Fsp3) is 0.306. The Hall–Kier alpha value is -7.22. The fourth-order valence-electron chi connectivity index (χ4n) is 8.63. The highest BCUT2D eigenvalue weighted by atomic mass is 16.5. The second kappa shape index (κ2) is 19.7. The van der Waals surface area contributed by atoms with Crippen LogP contribution in [0.1, 0.15) is 90.2 Å². The van der Waals surface area contributed by atoms with E-state index in [1.165, 1.54) is 25.3 Å². The molecule has 0 saturated carbocycles. The van der Waals surface area contributed by atoms with E-state index in [0.29, 0.717) is 30.0 Å². The number of hydrogen-bond acceptors (Lipinski definition) is 8. The number of carbonyl (C=O) groups is 4. The number of ether oxygens (including phenoxy) is 2. The van der Waals surface area contributed by atoms with Crippen molar-refractivity contribution in [2.45, 2.75) is 69.1 Å². The molecule has 0 radical (unpaired) electrons. The number of carbonyl (C=O) groups excluding carboxylic acids is 4. The van der Waals surface area contributed by atoms with Gasteiger partial charge in [-0.05, 0) is 67.2 Å². The molecule has 4 N–H and O–H groups in total. The van der Waals surface area contributed by atoms with Gasteiger partial charge < -0.3 is 39.9 Å². The summed E-state index contributed by atoms with van der Waals surface area (Å²) >= 11 is 0. The number of aromatic nitrogens is 4. The van der Waals surface area contributed by atoms with Crippen LogP contribution in [0.4, 0.5) is 9.59 Å². The van der Waals surface area contributed by atoms with Gasteiger partial charge in [0.2, 0.25) is 0 Å². The maximum absolute atomic E-state index is 14.0. The number of nitrogens with one attached hydrogen (secondary N) is 4. The zero-order valence-corrected chi connectivity index (χ0v) is 35.5. The van der Waals surface area contributed by atoms with E-state index in [1.807, 2.05) is 78.0 Å². The van der Waals surface area contributed by atoms with Crippen molar-refractivity contribution in [2.24, 2.45) is 0 Å². The van der Waals surface area contributed by atoms with Crippen LogP contribution < -0.4 is 10.6 Å². The second-order valence-corrected chi connectivity index (χ2v) is 15.9. The van der Waals surface area contributed by atoms with Gasteiger partial charge in [-0.1, -0.05) is 109 Å². The fourth-order valence-corrected chi connectivity index (χ4v) is 8.63. The molecule has 6 aromatic rings. The van der Waals surface area contributed by atoms with E-state index in [-0.39, 0.29) is 23.9 Å². The van der Waals surface area contributed by atoms with Crippen LogP contribution >= 0.6 is 0 Å². The summed E-state index contributed by atoms with van der Waals surface area (Å²) in [6.45, 7) is 1.12. The molecule has 2 saturated heterocycles. The highest BCUT2D eigenvalue weighted by Gasteiger charge is 2.38. The molecule has 14 heteroatoms. The van der Waals surface area contributed by atoms with Crippen LogP contribution in [0.2, 0.25) is 0 Å². The molecule has 63 heavy (non-hydrogen) atoms. The van der Waals surface area contributed by atoms with Gasteiger partial charge in [-0.15, -0.1) is 0 Å². The quantitative estimate of drug-likeness (QED) is 0.0901. The van der Waals surface area contributed by atoms with Crippen LogP contribution in [0.3, 0.4) is 0 Å². The first kappa shape index (κ1) is 42.5. The van der Waals surface area contributed by atoms with Gasteiger partial charge in [0.15, 0.2) is 0 Å². The number of amides is 4. The summed E-state index contributed by atoms with van der Waals surface area (Å²) in [5.41, 5.74) is 7.34. The predicted molar refractivity (Wildman–Crippen MR) is 237 cm³/mol. The van der Waals surface area contributed by atoms with Crippen molar-refractivity contribution in [2.75, 3.05) is 27.3 Å². The molecule has 0 bridgehead atoms. The lowest BCUT2D eigenvalue weighted by Crippen LogP contribution is -2.46. The Balaban J connectivity index is 0.877. The average Bonchev–Trinajstić information content (AvgIpc) is 4.15. The van der Waals surface area contributed by atoms with E-state index in [4.69, 9.17) is 19.4 Å². The average molecular weight is 849 g/mol. The van der Waals surface area contributed by atoms with Gasteiger partial charge in [0.25, 0.3) is 11.8 Å². The SMILES string of the molecule is COC(=O)N[C@@H](C(=O)N1CCCC[C@H]1c1nc(-c2ccc(CCc3ccc(-c4c[nH]c([C@@H]5CCCN5C(=O)[C@H](NC(=O)OC)c5ccccc5)n4)cc3)cc2)c[nH]1)c1ccccc1. The van der Waals surface area contributed by atoms with Crippen LogP contribution in [-0.2, 0) is 31.9 Å². The van der Waals surface area contributed by atoms with Crippen LogP contribution in [-0.4, -0.2) is 81.0 Å². The first-order valence-corrected chi connectivity index (χ1v) is 21.5. The molecule has 2 aliphatic rings. The van der Waals surface area contributed by atoms with E-state index in [0.717, 1.165) is 73.3 Å². The van der Waals surface area contributed by atoms with Gasteiger partial charge in [-0.25, -0.2) is 19.6 Å². The normalized spacial score (nSPS) is 17.1. The van der Waals surface area contributed by atoms with Crippen LogP contribution in [0.5, 0.6) is 0 Å². The minimum atomic E-state index is -0.878. The standard InChI is InChI=1S/C49H52N8O6/c1-62-48(60)54-42(36-12-5-3-6-13-36)46(58)56-28-10-9-16-40(56)44-50-30-38(52-44)34-24-20-32(21-25-34)18-19-33-22-26-35(27-23-33)39-31-51-45(53-39)41-17-11-29-57(41)47(59)43(55-49(61)63-2)37-14-7-4-8-15-37/h3-8,12-15,20-27,30-31,40-43H,9-11,16-19,28-29H2,1-2H3,(H,50,52)(H,51,53)(H,54,60)(H,55,61)/t40-,41-,42+,43+/m0/s1. The lowest BCUT2D eigenvalue weighted by atomic mass is 9.98. The molecule has 8 rings (SSSR count). The molecule has 0 unspecified atom stereocenters. The number of alkyl carbamates (subject to hydrolysis) is 2. The number of aromatic amines is 2. The number of benzene rings is 4. The molecule has 14 nitrogen and oxygen atoms in total. The summed E-state index contributed by atoms with van der Waals surface area (Å²) in [7, 11) is 2.57. The largest absolute Gasteiger partial charge is 0.453 e. The van der Waals surface area contributed by atoms with Crippen LogP contribution in [0.15, 0.2) is 122 Å². The summed E-state index contributed by atoms with van der Waals surface area (Å²) in [5.74, 6) is 1.03. The molecule has 2 fully saturated rings. The van der Waals surface area contributed by atoms with Crippen molar-refractivity contribution in [3.63, 3.8) is 0 Å². The lowest BCUT2D eigenvalue weighted by molar-refractivity contribution is -0.137.